The minimum absolute atomic E-state index is 0.0154. The lowest BCUT2D eigenvalue weighted by Crippen LogP contribution is -2.40. The van der Waals surface area contributed by atoms with Crippen LogP contribution in [-0.4, -0.2) is 23.0 Å². The number of nitrogens with one attached hydrogen (secondary N) is 2. The number of carbonyl (C=O) groups excluding carboxylic acids is 2. The number of hydrogen-bond acceptors (Lipinski definition) is 4. The second-order valence-electron chi connectivity index (χ2n) is 7.33. The lowest BCUT2D eigenvalue weighted by molar-refractivity contribution is -0.121. The van der Waals surface area contributed by atoms with E-state index in [4.69, 9.17) is 4.74 Å². The fourth-order valence-electron chi connectivity index (χ4n) is 3.63. The Hall–Kier alpha value is -2.89. The molecule has 1 aromatic heterocycles. The second-order valence-corrected chi connectivity index (χ2v) is 7.33. The van der Waals surface area contributed by atoms with Crippen molar-refractivity contribution in [3.63, 3.8) is 0 Å². The van der Waals surface area contributed by atoms with E-state index in [9.17, 15) is 9.59 Å². The van der Waals surface area contributed by atoms with Crippen molar-refractivity contribution >= 4 is 17.7 Å². The van der Waals surface area contributed by atoms with Crippen LogP contribution in [0.1, 0.15) is 38.2 Å². The maximum Gasteiger partial charge on any atom is 0.407 e. The van der Waals surface area contributed by atoms with E-state index in [1.807, 2.05) is 37.3 Å². The Morgan fingerprint density at radius 2 is 1.75 bits per heavy atom. The fraction of sp³-hybridized carbons (Fsp3) is 0.409. The van der Waals surface area contributed by atoms with Crippen LogP contribution in [0.4, 0.5) is 10.5 Å². The summed E-state index contributed by atoms with van der Waals surface area (Å²) in [5.41, 5.74) is 1.74. The predicted molar refractivity (Wildman–Crippen MR) is 108 cm³/mol. The first-order valence-corrected chi connectivity index (χ1v) is 9.80. The van der Waals surface area contributed by atoms with E-state index in [0.29, 0.717) is 5.92 Å². The minimum Gasteiger partial charge on any atom is -0.445 e. The van der Waals surface area contributed by atoms with E-state index in [1.165, 1.54) is 0 Å². The van der Waals surface area contributed by atoms with Gasteiger partial charge in [0.05, 0.1) is 0 Å². The summed E-state index contributed by atoms with van der Waals surface area (Å²) in [4.78, 5) is 28.4. The van der Waals surface area contributed by atoms with Gasteiger partial charge in [-0.3, -0.25) is 9.78 Å². The Morgan fingerprint density at radius 1 is 1.07 bits per heavy atom. The molecule has 28 heavy (non-hydrogen) atoms. The molecule has 1 atom stereocenters. The van der Waals surface area contributed by atoms with E-state index in [-0.39, 0.29) is 24.5 Å². The van der Waals surface area contributed by atoms with Crippen molar-refractivity contribution in [3.8, 4) is 0 Å². The second kappa shape index (κ2) is 9.88. The Labute approximate surface area is 165 Å². The van der Waals surface area contributed by atoms with Gasteiger partial charge in [-0.15, -0.1) is 0 Å². The monoisotopic (exact) mass is 381 g/mol. The quantitative estimate of drug-likeness (QED) is 0.788. The van der Waals surface area contributed by atoms with Crippen LogP contribution < -0.4 is 10.6 Å². The molecule has 1 aliphatic carbocycles. The van der Waals surface area contributed by atoms with Crippen molar-refractivity contribution in [2.24, 2.45) is 11.8 Å². The molecule has 3 rings (SSSR count). The molecule has 2 aromatic rings. The first kappa shape index (κ1) is 19.9. The molecular weight excluding hydrogens is 354 g/mol. The third-order valence-electron chi connectivity index (χ3n) is 5.36. The van der Waals surface area contributed by atoms with Crippen molar-refractivity contribution in [1.29, 1.82) is 0 Å². The van der Waals surface area contributed by atoms with Crippen molar-refractivity contribution in [1.82, 2.24) is 10.3 Å². The number of carbonyl (C=O) groups is 2. The molecule has 0 bridgehead atoms. The molecule has 0 aliphatic heterocycles. The van der Waals surface area contributed by atoms with E-state index in [1.54, 1.807) is 24.5 Å². The number of amides is 2. The van der Waals surface area contributed by atoms with Crippen LogP contribution in [0.5, 0.6) is 0 Å². The first-order chi connectivity index (χ1) is 13.6. The molecule has 6 nitrogen and oxygen atoms in total. The fourth-order valence-corrected chi connectivity index (χ4v) is 3.63. The molecule has 1 aromatic carbocycles. The van der Waals surface area contributed by atoms with Crippen LogP contribution in [0.3, 0.4) is 0 Å². The molecule has 0 unspecified atom stereocenters. The molecular formula is C22H27N3O3. The number of anilines is 1. The van der Waals surface area contributed by atoms with Gasteiger partial charge in [-0.25, -0.2) is 4.79 Å². The summed E-state index contributed by atoms with van der Waals surface area (Å²) in [6.07, 6.45) is 6.41. The zero-order chi connectivity index (χ0) is 19.8. The van der Waals surface area contributed by atoms with Crippen molar-refractivity contribution in [3.05, 3.63) is 60.4 Å². The summed E-state index contributed by atoms with van der Waals surface area (Å²) in [6, 6.07) is 13.2. The highest BCUT2D eigenvalue weighted by Gasteiger charge is 2.29. The number of hydrogen-bond donors (Lipinski definition) is 2. The predicted octanol–water partition coefficient (Wildman–Crippen LogP) is 4.14. The highest BCUT2D eigenvalue weighted by molar-refractivity contribution is 5.92. The van der Waals surface area contributed by atoms with E-state index < -0.39 is 6.09 Å². The van der Waals surface area contributed by atoms with Gasteiger partial charge in [-0.2, -0.15) is 0 Å². The third kappa shape index (κ3) is 5.81. The van der Waals surface area contributed by atoms with E-state index >= 15 is 0 Å². The van der Waals surface area contributed by atoms with E-state index in [0.717, 1.165) is 36.9 Å². The Kier molecular flexibility index (Phi) is 7.00. The maximum atomic E-state index is 12.4. The van der Waals surface area contributed by atoms with Crippen LogP contribution in [0.2, 0.25) is 0 Å². The molecule has 0 radical (unpaired) electrons. The normalized spacial score (nSPS) is 20.0. The van der Waals surface area contributed by atoms with Gasteiger partial charge in [0.2, 0.25) is 5.91 Å². The molecule has 1 fully saturated rings. The van der Waals surface area contributed by atoms with Gasteiger partial charge >= 0.3 is 6.09 Å². The van der Waals surface area contributed by atoms with Crippen LogP contribution in [0.15, 0.2) is 54.9 Å². The third-order valence-corrected chi connectivity index (χ3v) is 5.36. The van der Waals surface area contributed by atoms with Gasteiger partial charge in [0.25, 0.3) is 0 Å². The zero-order valence-corrected chi connectivity index (χ0v) is 16.1. The number of aromatic nitrogens is 1. The zero-order valence-electron chi connectivity index (χ0n) is 16.1. The highest BCUT2D eigenvalue weighted by Crippen LogP contribution is 2.31. The average molecular weight is 381 g/mol. The van der Waals surface area contributed by atoms with Crippen molar-refractivity contribution < 1.29 is 14.3 Å². The van der Waals surface area contributed by atoms with Gasteiger partial charge < -0.3 is 15.4 Å². The Morgan fingerprint density at radius 3 is 2.43 bits per heavy atom. The SMILES string of the molecule is C[C@@H](NC(=O)OCc1ccccc1)C1CCC(C(=O)Nc2ccncc2)CC1. The number of benzene rings is 1. The average Bonchev–Trinajstić information content (AvgIpc) is 2.74. The lowest BCUT2D eigenvalue weighted by Gasteiger charge is -2.31. The molecule has 6 heteroatoms. The summed E-state index contributed by atoms with van der Waals surface area (Å²) in [6.45, 7) is 2.27. The van der Waals surface area contributed by atoms with Gasteiger partial charge in [0, 0.05) is 30.0 Å². The smallest absolute Gasteiger partial charge is 0.407 e. The number of ether oxygens (including phenoxy) is 1. The van der Waals surface area contributed by atoms with Crippen LogP contribution >= 0.6 is 0 Å². The standard InChI is InChI=1S/C22H27N3O3/c1-16(24-22(27)28-15-17-5-3-2-4-6-17)18-7-9-19(10-8-18)21(26)25-20-11-13-23-14-12-20/h2-6,11-14,16,18-19H,7-10,15H2,1H3,(H,24,27)(H,23,25,26)/t16-,18?,19?/m1/s1. The number of pyridine rings is 1. The number of nitrogens with zero attached hydrogens (tertiary/aromatic N) is 1. The molecule has 2 N–H and O–H groups in total. The topological polar surface area (TPSA) is 80.3 Å². The summed E-state index contributed by atoms with van der Waals surface area (Å²) in [7, 11) is 0. The molecule has 0 saturated heterocycles. The van der Waals surface area contributed by atoms with Gasteiger partial charge in [0.15, 0.2) is 0 Å². The first-order valence-electron chi connectivity index (χ1n) is 9.80. The summed E-state index contributed by atoms with van der Waals surface area (Å²) < 4.78 is 5.30. The maximum absolute atomic E-state index is 12.4. The highest BCUT2D eigenvalue weighted by atomic mass is 16.5. The van der Waals surface area contributed by atoms with Gasteiger partial charge in [-0.05, 0) is 56.2 Å². The molecule has 1 aliphatic rings. The minimum atomic E-state index is -0.395. The summed E-state index contributed by atoms with van der Waals surface area (Å²) in [5, 5.41) is 5.89. The van der Waals surface area contributed by atoms with Crippen molar-refractivity contribution in [2.45, 2.75) is 45.3 Å². The summed E-state index contributed by atoms with van der Waals surface area (Å²) >= 11 is 0. The van der Waals surface area contributed by atoms with E-state index in [2.05, 4.69) is 15.6 Å². The molecule has 1 saturated carbocycles. The molecule has 1 heterocycles. The molecule has 148 valence electrons. The van der Waals surface area contributed by atoms with Crippen molar-refractivity contribution in [2.75, 3.05) is 5.32 Å². The molecule has 0 spiro atoms. The number of rotatable bonds is 6. The molecule has 2 amide bonds. The number of alkyl carbamates (subject to hydrolysis) is 1. The van der Waals surface area contributed by atoms with Crippen LogP contribution in [0.25, 0.3) is 0 Å². The Bertz CT molecular complexity index is 759. The Balaban J connectivity index is 1.39. The lowest BCUT2D eigenvalue weighted by atomic mass is 9.78. The van der Waals surface area contributed by atoms with Crippen LogP contribution in [0, 0.1) is 11.8 Å². The summed E-state index contributed by atoms with van der Waals surface area (Å²) in [5.74, 6) is 0.434. The van der Waals surface area contributed by atoms with Gasteiger partial charge in [0.1, 0.15) is 6.61 Å². The van der Waals surface area contributed by atoms with Gasteiger partial charge in [-0.1, -0.05) is 30.3 Å². The largest absolute Gasteiger partial charge is 0.445 e. The van der Waals surface area contributed by atoms with Crippen LogP contribution in [-0.2, 0) is 16.1 Å².